The molecular weight excluding hydrogens is 358 g/mol. The van der Waals surface area contributed by atoms with E-state index in [-0.39, 0.29) is 0 Å². The lowest BCUT2D eigenvalue weighted by molar-refractivity contribution is 0.0938. The molecule has 0 radical (unpaired) electrons. The summed E-state index contributed by atoms with van der Waals surface area (Å²) in [6.45, 7) is 4.61. The number of hydrogen-bond donors (Lipinski definition) is 1. The van der Waals surface area contributed by atoms with Crippen molar-refractivity contribution < 1.29 is 8.78 Å². The Morgan fingerprint density at radius 1 is 1.07 bits per heavy atom. The lowest BCUT2D eigenvalue weighted by atomic mass is 10.0. The van der Waals surface area contributed by atoms with E-state index >= 15 is 0 Å². The summed E-state index contributed by atoms with van der Waals surface area (Å²) in [4.78, 5) is 9.18. The molecular formula is C22H24F2N4. The van der Waals surface area contributed by atoms with Gasteiger partial charge in [-0.15, -0.1) is 0 Å². The molecule has 0 amide bonds. The minimum Gasteiger partial charge on any atom is -0.369 e. The molecule has 4 rings (SSSR count). The molecule has 1 aliphatic heterocycles. The predicted molar refractivity (Wildman–Crippen MR) is 108 cm³/mol. The topological polar surface area (TPSA) is 31.4 Å². The zero-order chi connectivity index (χ0) is 19.5. The first-order valence-corrected chi connectivity index (χ1v) is 9.57. The van der Waals surface area contributed by atoms with E-state index < -0.39 is 11.6 Å². The molecule has 6 heteroatoms. The van der Waals surface area contributed by atoms with E-state index in [0.29, 0.717) is 29.3 Å². The largest absolute Gasteiger partial charge is 0.369 e. The number of nitrogens with one attached hydrogen (secondary N) is 1. The Kier molecular flexibility index (Phi) is 5.50. The Balaban J connectivity index is 1.43. The van der Waals surface area contributed by atoms with Crippen LogP contribution in [-0.2, 0) is 0 Å². The highest BCUT2D eigenvalue weighted by Gasteiger charge is 2.25. The fraction of sp³-hybridized carbons (Fsp3) is 0.318. The van der Waals surface area contributed by atoms with E-state index in [2.05, 4.69) is 51.4 Å². The first-order valence-electron chi connectivity index (χ1n) is 9.57. The lowest BCUT2D eigenvalue weighted by Gasteiger charge is -2.40. The van der Waals surface area contributed by atoms with Gasteiger partial charge >= 0.3 is 0 Å². The molecule has 1 N–H and O–H groups in total. The van der Waals surface area contributed by atoms with Crippen LogP contribution in [0.2, 0.25) is 0 Å². The molecule has 3 aromatic rings. The Hall–Kier alpha value is -2.57. The van der Waals surface area contributed by atoms with Crippen LogP contribution in [0.4, 0.5) is 14.6 Å². The summed E-state index contributed by atoms with van der Waals surface area (Å²) >= 11 is 0. The van der Waals surface area contributed by atoms with Crippen molar-refractivity contribution in [3.8, 4) is 0 Å². The lowest BCUT2D eigenvalue weighted by Crippen LogP contribution is -2.48. The number of benzene rings is 2. The number of piperazine rings is 1. The number of aromatic nitrogens is 1. The first kappa shape index (κ1) is 18.8. The van der Waals surface area contributed by atoms with Crippen molar-refractivity contribution in [2.45, 2.75) is 6.04 Å². The van der Waals surface area contributed by atoms with Gasteiger partial charge in [0, 0.05) is 56.3 Å². The Bertz CT molecular complexity index is 948. The zero-order valence-corrected chi connectivity index (χ0v) is 15.9. The van der Waals surface area contributed by atoms with E-state index in [0.717, 1.165) is 32.2 Å². The highest BCUT2D eigenvalue weighted by molar-refractivity contribution is 5.80. The highest BCUT2D eigenvalue weighted by atomic mass is 19.1. The third-order valence-corrected chi connectivity index (χ3v) is 5.31. The number of pyridine rings is 1. The van der Waals surface area contributed by atoms with E-state index in [1.54, 1.807) is 12.1 Å². The summed E-state index contributed by atoms with van der Waals surface area (Å²) in [6.07, 6.45) is 0. The number of anilines is 1. The van der Waals surface area contributed by atoms with Gasteiger partial charge in [-0.1, -0.05) is 30.3 Å². The summed E-state index contributed by atoms with van der Waals surface area (Å²) < 4.78 is 27.2. The van der Waals surface area contributed by atoms with Gasteiger partial charge in [-0.05, 0) is 24.7 Å². The van der Waals surface area contributed by atoms with Crippen molar-refractivity contribution in [1.29, 1.82) is 0 Å². The van der Waals surface area contributed by atoms with Crippen molar-refractivity contribution in [3.63, 3.8) is 0 Å². The van der Waals surface area contributed by atoms with Gasteiger partial charge in [0.05, 0.1) is 5.52 Å². The molecule has 2 aromatic carbocycles. The van der Waals surface area contributed by atoms with E-state index in [1.807, 2.05) is 6.07 Å². The van der Waals surface area contributed by atoms with Crippen molar-refractivity contribution in [2.75, 3.05) is 45.1 Å². The molecule has 1 saturated heterocycles. The molecule has 1 unspecified atom stereocenters. The van der Waals surface area contributed by atoms with Crippen molar-refractivity contribution >= 4 is 16.7 Å². The van der Waals surface area contributed by atoms with Gasteiger partial charge in [0.1, 0.15) is 17.5 Å². The van der Waals surface area contributed by atoms with Crippen LogP contribution in [0.3, 0.4) is 0 Å². The molecule has 1 atom stereocenters. The monoisotopic (exact) mass is 382 g/mol. The number of fused-ring (bicyclic) bond motifs is 1. The minimum atomic E-state index is -0.613. The number of nitrogens with zero attached hydrogens (tertiary/aromatic N) is 3. The van der Waals surface area contributed by atoms with E-state index in [9.17, 15) is 8.78 Å². The first-order chi connectivity index (χ1) is 13.6. The van der Waals surface area contributed by atoms with Crippen LogP contribution in [0.25, 0.3) is 10.9 Å². The van der Waals surface area contributed by atoms with Gasteiger partial charge in [0.25, 0.3) is 0 Å². The molecule has 0 bridgehead atoms. The second kappa shape index (κ2) is 8.20. The molecule has 1 fully saturated rings. The van der Waals surface area contributed by atoms with Gasteiger partial charge in [-0.2, -0.15) is 0 Å². The molecule has 4 nitrogen and oxygen atoms in total. The summed E-state index contributed by atoms with van der Waals surface area (Å²) in [6, 6.07) is 16.4. The maximum atomic E-state index is 13.8. The van der Waals surface area contributed by atoms with Crippen LogP contribution >= 0.6 is 0 Å². The summed E-state index contributed by atoms with van der Waals surface area (Å²) in [5, 5.41) is 3.62. The standard InChI is InChI=1S/C22H24F2N4/c1-27-11-12-28(21(15-27)16-5-3-2-4-6-16)10-9-25-22-8-7-18-19(24)13-17(23)14-20(18)26-22/h2-8,13-14,21H,9-12,15H2,1H3,(H,25,26). The van der Waals surface area contributed by atoms with Gasteiger partial charge < -0.3 is 10.2 Å². The fourth-order valence-corrected chi connectivity index (χ4v) is 3.80. The van der Waals surface area contributed by atoms with Crippen LogP contribution in [-0.4, -0.2) is 54.6 Å². The third-order valence-electron chi connectivity index (χ3n) is 5.31. The average molecular weight is 382 g/mol. The van der Waals surface area contributed by atoms with Gasteiger partial charge in [-0.25, -0.2) is 13.8 Å². The quantitative estimate of drug-likeness (QED) is 0.725. The van der Waals surface area contributed by atoms with Gasteiger partial charge in [0.15, 0.2) is 0 Å². The van der Waals surface area contributed by atoms with Crippen LogP contribution < -0.4 is 5.32 Å². The molecule has 0 saturated carbocycles. The summed E-state index contributed by atoms with van der Waals surface area (Å²) in [7, 11) is 2.16. The molecule has 0 aliphatic carbocycles. The maximum absolute atomic E-state index is 13.8. The average Bonchev–Trinajstić information content (AvgIpc) is 2.69. The van der Waals surface area contributed by atoms with Gasteiger partial charge in [0.2, 0.25) is 0 Å². The number of rotatable bonds is 5. The van der Waals surface area contributed by atoms with Crippen molar-refractivity contribution in [2.24, 2.45) is 0 Å². The maximum Gasteiger partial charge on any atom is 0.135 e. The Morgan fingerprint density at radius 2 is 1.89 bits per heavy atom. The molecule has 0 spiro atoms. The van der Waals surface area contributed by atoms with Crippen LogP contribution in [0.15, 0.2) is 54.6 Å². The second-order valence-corrected chi connectivity index (χ2v) is 7.30. The van der Waals surface area contributed by atoms with Crippen molar-refractivity contribution in [1.82, 2.24) is 14.8 Å². The van der Waals surface area contributed by atoms with Crippen molar-refractivity contribution in [3.05, 3.63) is 71.8 Å². The molecule has 28 heavy (non-hydrogen) atoms. The zero-order valence-electron chi connectivity index (χ0n) is 15.9. The second-order valence-electron chi connectivity index (χ2n) is 7.30. The highest BCUT2D eigenvalue weighted by Crippen LogP contribution is 2.24. The Morgan fingerprint density at radius 3 is 2.71 bits per heavy atom. The molecule has 1 aromatic heterocycles. The van der Waals surface area contributed by atoms with Crippen LogP contribution in [0.1, 0.15) is 11.6 Å². The smallest absolute Gasteiger partial charge is 0.135 e. The normalized spacial score (nSPS) is 18.5. The predicted octanol–water partition coefficient (Wildman–Crippen LogP) is 3.91. The van der Waals surface area contributed by atoms with E-state index in [1.165, 1.54) is 11.6 Å². The summed E-state index contributed by atoms with van der Waals surface area (Å²) in [5.74, 6) is -0.571. The minimum absolute atomic E-state index is 0.323. The number of halogens is 2. The molecule has 1 aliphatic rings. The van der Waals surface area contributed by atoms with E-state index in [4.69, 9.17) is 0 Å². The fourth-order valence-electron chi connectivity index (χ4n) is 3.80. The van der Waals surface area contributed by atoms with Crippen LogP contribution in [0.5, 0.6) is 0 Å². The molecule has 146 valence electrons. The Labute approximate surface area is 163 Å². The van der Waals surface area contributed by atoms with Gasteiger partial charge in [-0.3, -0.25) is 4.90 Å². The number of hydrogen-bond acceptors (Lipinski definition) is 4. The SMILES string of the molecule is CN1CCN(CCNc2ccc3c(F)cc(F)cc3n2)C(c2ccccc2)C1. The van der Waals surface area contributed by atoms with Crippen LogP contribution in [0, 0.1) is 11.6 Å². The summed E-state index contributed by atoms with van der Waals surface area (Å²) in [5.41, 5.74) is 1.65. The molecule has 2 heterocycles. The third kappa shape index (κ3) is 4.13. The number of likely N-dealkylation sites (N-methyl/N-ethyl adjacent to an activating group) is 1.